The van der Waals surface area contributed by atoms with E-state index >= 15 is 0 Å². The molecule has 0 bridgehead atoms. The number of rotatable bonds is 6. The lowest BCUT2D eigenvalue weighted by Crippen LogP contribution is -2.34. The quantitative estimate of drug-likeness (QED) is 0.513. The predicted octanol–water partition coefficient (Wildman–Crippen LogP) is 3.75. The van der Waals surface area contributed by atoms with Crippen LogP contribution < -0.4 is 0 Å². The Bertz CT molecular complexity index is 537. The fraction of sp³-hybridized carbons (Fsp3) is 0.800. The molecule has 2 aliphatic rings. The average Bonchev–Trinajstić information content (AvgIpc) is 2.97. The van der Waals surface area contributed by atoms with E-state index in [2.05, 4.69) is 33.8 Å². The van der Waals surface area contributed by atoms with Crippen LogP contribution in [-0.4, -0.2) is 48.9 Å². The van der Waals surface area contributed by atoms with E-state index in [-0.39, 0.29) is 28.5 Å². The Kier molecular flexibility index (Phi) is 7.59. The molecular formula is C20H32O5S. The highest BCUT2D eigenvalue weighted by Gasteiger charge is 2.33. The molecule has 0 amide bonds. The molecule has 1 heterocycles. The molecule has 1 aliphatic carbocycles. The maximum absolute atomic E-state index is 12.0. The topological polar surface area (TPSA) is 61.8 Å². The maximum Gasteiger partial charge on any atom is 0.347 e. The molecular weight excluding hydrogens is 352 g/mol. The highest BCUT2D eigenvalue weighted by Crippen LogP contribution is 2.36. The summed E-state index contributed by atoms with van der Waals surface area (Å²) in [5, 5.41) is 0.280. The number of esters is 2. The number of ether oxygens (including phenoxy) is 3. The summed E-state index contributed by atoms with van der Waals surface area (Å²) in [5.74, 6) is -0.00861. The number of thioether (sulfide) groups is 1. The van der Waals surface area contributed by atoms with Crippen LogP contribution in [0.5, 0.6) is 0 Å². The van der Waals surface area contributed by atoms with E-state index in [1.807, 2.05) is 0 Å². The number of allylic oxidation sites excluding steroid dienone is 2. The number of carbonyl (C=O) groups is 2. The zero-order valence-corrected chi connectivity index (χ0v) is 17.4. The van der Waals surface area contributed by atoms with Gasteiger partial charge in [-0.25, -0.2) is 4.79 Å². The van der Waals surface area contributed by atoms with Gasteiger partial charge in [-0.15, -0.1) is 11.8 Å². The summed E-state index contributed by atoms with van der Waals surface area (Å²) in [6.45, 7) is 9.24. The van der Waals surface area contributed by atoms with Gasteiger partial charge in [-0.3, -0.25) is 4.79 Å². The van der Waals surface area contributed by atoms with Crippen molar-refractivity contribution in [1.82, 2.24) is 0 Å². The summed E-state index contributed by atoms with van der Waals surface area (Å²) < 4.78 is 15.7. The highest BCUT2D eigenvalue weighted by molar-refractivity contribution is 8.00. The number of hydrogen-bond donors (Lipinski definition) is 0. The largest absolute Gasteiger partial charge is 0.463 e. The van der Waals surface area contributed by atoms with E-state index in [4.69, 9.17) is 14.2 Å². The standard InChI is InChI=1S/C20H32O5S/c1-13(20(2,3)4)10-14-6-7-17(16(11-14)23-5)26-12-18(21)25-15-8-9-24-19(15)22/h10,14-17H,6-9,11-12H2,1-5H3/b13-10+/t14?,15?,16-,17+/m1/s1. The second kappa shape index (κ2) is 9.27. The van der Waals surface area contributed by atoms with Gasteiger partial charge < -0.3 is 14.2 Å². The Hall–Kier alpha value is -1.01. The van der Waals surface area contributed by atoms with Crippen molar-refractivity contribution in [2.75, 3.05) is 19.5 Å². The van der Waals surface area contributed by atoms with Gasteiger partial charge in [-0.2, -0.15) is 0 Å². The van der Waals surface area contributed by atoms with Crippen LogP contribution >= 0.6 is 11.8 Å². The molecule has 0 aromatic carbocycles. The zero-order chi connectivity index (χ0) is 19.3. The minimum absolute atomic E-state index is 0.131. The Morgan fingerprint density at radius 1 is 1.31 bits per heavy atom. The molecule has 26 heavy (non-hydrogen) atoms. The van der Waals surface area contributed by atoms with Gasteiger partial charge in [-0.05, 0) is 37.5 Å². The fourth-order valence-corrected chi connectivity index (χ4v) is 4.44. The van der Waals surface area contributed by atoms with Crippen LogP contribution in [0.25, 0.3) is 0 Å². The SMILES string of the molecule is CO[C@@H]1CC(/C=C(\C)C(C)(C)C)CC[C@@H]1SCC(=O)OC1CCOC1=O. The Morgan fingerprint density at radius 2 is 2.04 bits per heavy atom. The van der Waals surface area contributed by atoms with Gasteiger partial charge in [0.05, 0.1) is 18.5 Å². The van der Waals surface area contributed by atoms with E-state index in [0.717, 1.165) is 19.3 Å². The molecule has 1 saturated heterocycles. The van der Waals surface area contributed by atoms with Gasteiger partial charge in [0.25, 0.3) is 0 Å². The number of carbonyl (C=O) groups excluding carboxylic acids is 2. The van der Waals surface area contributed by atoms with Gasteiger partial charge in [0.1, 0.15) is 0 Å². The van der Waals surface area contributed by atoms with Crippen LogP contribution in [0.1, 0.15) is 53.4 Å². The van der Waals surface area contributed by atoms with Gasteiger partial charge >= 0.3 is 11.9 Å². The van der Waals surface area contributed by atoms with Crippen molar-refractivity contribution < 1.29 is 23.8 Å². The molecule has 5 nitrogen and oxygen atoms in total. The molecule has 0 radical (unpaired) electrons. The van der Waals surface area contributed by atoms with E-state index in [9.17, 15) is 9.59 Å². The van der Waals surface area contributed by atoms with E-state index in [1.165, 1.54) is 5.57 Å². The molecule has 1 aliphatic heterocycles. The Balaban J connectivity index is 1.82. The Morgan fingerprint density at radius 3 is 2.62 bits per heavy atom. The molecule has 148 valence electrons. The van der Waals surface area contributed by atoms with Crippen LogP contribution in [0.4, 0.5) is 0 Å². The van der Waals surface area contributed by atoms with Crippen LogP contribution in [-0.2, 0) is 23.8 Å². The maximum atomic E-state index is 12.0. The van der Waals surface area contributed by atoms with Gasteiger partial charge in [0, 0.05) is 18.8 Å². The third-order valence-corrected chi connectivity index (χ3v) is 6.69. The summed E-state index contributed by atoms with van der Waals surface area (Å²) >= 11 is 1.58. The summed E-state index contributed by atoms with van der Waals surface area (Å²) in [6.07, 6.45) is 5.36. The molecule has 2 fully saturated rings. The molecule has 1 saturated carbocycles. The average molecular weight is 385 g/mol. The minimum Gasteiger partial charge on any atom is -0.463 e. The second-order valence-corrected chi connectivity index (χ2v) is 9.46. The number of hydrogen-bond acceptors (Lipinski definition) is 6. The lowest BCUT2D eigenvalue weighted by atomic mass is 9.80. The van der Waals surface area contributed by atoms with Crippen LogP contribution in [0.3, 0.4) is 0 Å². The van der Waals surface area contributed by atoms with Crippen LogP contribution in [0.2, 0.25) is 0 Å². The van der Waals surface area contributed by atoms with Gasteiger partial charge in [-0.1, -0.05) is 32.4 Å². The van der Waals surface area contributed by atoms with E-state index in [1.54, 1.807) is 18.9 Å². The molecule has 0 aromatic rings. The third kappa shape index (κ3) is 6.02. The predicted molar refractivity (Wildman–Crippen MR) is 103 cm³/mol. The first-order valence-electron chi connectivity index (χ1n) is 9.40. The first kappa shape index (κ1) is 21.3. The summed E-state index contributed by atoms with van der Waals surface area (Å²) in [7, 11) is 1.74. The normalized spacial score (nSPS) is 30.2. The monoisotopic (exact) mass is 384 g/mol. The van der Waals surface area contributed by atoms with Crippen LogP contribution in [0.15, 0.2) is 11.6 Å². The molecule has 2 unspecified atom stereocenters. The molecule has 0 N–H and O–H groups in total. The molecule has 6 heteroatoms. The number of cyclic esters (lactones) is 1. The van der Waals surface area contributed by atoms with E-state index < -0.39 is 12.1 Å². The summed E-state index contributed by atoms with van der Waals surface area (Å²) in [4.78, 5) is 23.4. The van der Waals surface area contributed by atoms with Crippen molar-refractivity contribution in [1.29, 1.82) is 0 Å². The van der Waals surface area contributed by atoms with Crippen molar-refractivity contribution in [2.45, 2.75) is 70.8 Å². The van der Waals surface area contributed by atoms with Crippen LogP contribution in [0, 0.1) is 11.3 Å². The molecule has 0 spiro atoms. The first-order chi connectivity index (χ1) is 12.2. The smallest absolute Gasteiger partial charge is 0.347 e. The van der Waals surface area contributed by atoms with Crippen molar-refractivity contribution in [3.8, 4) is 0 Å². The van der Waals surface area contributed by atoms with Gasteiger partial charge in [0.15, 0.2) is 0 Å². The third-order valence-electron chi connectivity index (χ3n) is 5.32. The molecule has 4 atom stereocenters. The fourth-order valence-electron chi connectivity index (χ4n) is 3.28. The molecule has 0 aromatic heterocycles. The Labute approximate surface area is 161 Å². The van der Waals surface area contributed by atoms with Crippen molar-refractivity contribution in [3.05, 3.63) is 11.6 Å². The minimum atomic E-state index is -0.720. The summed E-state index contributed by atoms with van der Waals surface area (Å²) in [6, 6.07) is 0. The highest BCUT2D eigenvalue weighted by atomic mass is 32.2. The molecule has 2 rings (SSSR count). The lowest BCUT2D eigenvalue weighted by Gasteiger charge is -2.34. The zero-order valence-electron chi connectivity index (χ0n) is 16.6. The lowest BCUT2D eigenvalue weighted by molar-refractivity contribution is -0.158. The first-order valence-corrected chi connectivity index (χ1v) is 10.4. The van der Waals surface area contributed by atoms with Crippen molar-refractivity contribution >= 4 is 23.7 Å². The van der Waals surface area contributed by atoms with Crippen molar-refractivity contribution in [3.63, 3.8) is 0 Å². The second-order valence-electron chi connectivity index (χ2n) is 8.23. The van der Waals surface area contributed by atoms with Crippen molar-refractivity contribution in [2.24, 2.45) is 11.3 Å². The number of methoxy groups -OCH3 is 1. The summed E-state index contributed by atoms with van der Waals surface area (Å²) in [5.41, 5.74) is 1.61. The van der Waals surface area contributed by atoms with Gasteiger partial charge in [0.2, 0.25) is 6.10 Å². The van der Waals surface area contributed by atoms with E-state index in [0.29, 0.717) is 18.9 Å².